The van der Waals surface area contributed by atoms with Crippen molar-refractivity contribution >= 4 is 10.0 Å². The van der Waals surface area contributed by atoms with Crippen molar-refractivity contribution in [1.82, 2.24) is 4.31 Å². The molecule has 25 heavy (non-hydrogen) atoms. The van der Waals surface area contributed by atoms with E-state index in [-0.39, 0.29) is 18.0 Å². The zero-order valence-corrected chi connectivity index (χ0v) is 14.8. The van der Waals surface area contributed by atoms with E-state index in [9.17, 15) is 8.42 Å². The van der Waals surface area contributed by atoms with Gasteiger partial charge in [0.1, 0.15) is 17.3 Å². The highest BCUT2D eigenvalue weighted by Crippen LogP contribution is 2.26. The minimum absolute atomic E-state index is 0.112. The molecule has 0 N–H and O–H groups in total. The van der Waals surface area contributed by atoms with E-state index >= 15 is 0 Å². The number of methoxy groups -OCH3 is 1. The number of furan rings is 2. The van der Waals surface area contributed by atoms with Crippen LogP contribution in [-0.4, -0.2) is 19.8 Å². The Hall–Kier alpha value is -2.51. The fourth-order valence-corrected chi connectivity index (χ4v) is 4.00. The van der Waals surface area contributed by atoms with Crippen LogP contribution in [0.5, 0.6) is 5.75 Å². The molecule has 2 aromatic heterocycles. The van der Waals surface area contributed by atoms with E-state index in [2.05, 4.69) is 0 Å². The highest BCUT2D eigenvalue weighted by Gasteiger charge is 2.27. The largest absolute Gasteiger partial charge is 0.496 e. The molecular weight excluding hydrogens is 342 g/mol. The molecule has 6 nitrogen and oxygen atoms in total. The topological polar surface area (TPSA) is 72.9 Å². The molecule has 0 bridgehead atoms. The Balaban J connectivity index is 1.96. The fourth-order valence-electron chi connectivity index (χ4n) is 2.54. The van der Waals surface area contributed by atoms with Crippen LogP contribution in [-0.2, 0) is 23.1 Å². The Labute approximate surface area is 146 Å². The van der Waals surface area contributed by atoms with Crippen LogP contribution in [0.1, 0.15) is 17.1 Å². The van der Waals surface area contributed by atoms with Crippen molar-refractivity contribution in [3.8, 4) is 5.75 Å². The summed E-state index contributed by atoms with van der Waals surface area (Å²) in [5.74, 6) is 1.75. The van der Waals surface area contributed by atoms with Gasteiger partial charge in [-0.3, -0.25) is 0 Å². The number of sulfonamides is 1. The molecule has 1 aromatic carbocycles. The number of aryl methyl sites for hydroxylation is 1. The molecule has 7 heteroatoms. The Morgan fingerprint density at radius 3 is 2.04 bits per heavy atom. The monoisotopic (exact) mass is 361 g/mol. The lowest BCUT2D eigenvalue weighted by atomic mass is 10.2. The number of nitrogens with zero attached hydrogens (tertiary/aromatic N) is 1. The number of hydrogen-bond acceptors (Lipinski definition) is 5. The first-order chi connectivity index (χ1) is 12.0. The standard InChI is InChI=1S/C18H19NO5S/c1-14-11-17(7-8-18(14)22-2)25(20,21)19(12-15-5-3-9-23-15)13-16-6-4-10-24-16/h3-11H,12-13H2,1-2H3. The van der Waals surface area contributed by atoms with E-state index < -0.39 is 10.0 Å². The first-order valence-electron chi connectivity index (χ1n) is 7.70. The summed E-state index contributed by atoms with van der Waals surface area (Å²) in [5, 5.41) is 0. The summed E-state index contributed by atoms with van der Waals surface area (Å²) in [6, 6.07) is 11.7. The summed E-state index contributed by atoms with van der Waals surface area (Å²) in [6.45, 7) is 2.03. The minimum atomic E-state index is -3.74. The summed E-state index contributed by atoms with van der Waals surface area (Å²) in [7, 11) is -2.19. The highest BCUT2D eigenvalue weighted by atomic mass is 32.2. The first-order valence-corrected chi connectivity index (χ1v) is 9.14. The van der Waals surface area contributed by atoms with Gasteiger partial charge in [0.15, 0.2) is 0 Å². The van der Waals surface area contributed by atoms with Gasteiger partial charge >= 0.3 is 0 Å². The molecule has 0 aliphatic rings. The third kappa shape index (κ3) is 3.78. The van der Waals surface area contributed by atoms with E-state index in [1.165, 1.54) is 16.8 Å². The zero-order valence-electron chi connectivity index (χ0n) is 14.0. The maximum atomic E-state index is 13.1. The molecule has 0 radical (unpaired) electrons. The average Bonchev–Trinajstić information content (AvgIpc) is 3.28. The van der Waals surface area contributed by atoms with Gasteiger partial charge in [0.05, 0.1) is 37.6 Å². The lowest BCUT2D eigenvalue weighted by molar-refractivity contribution is 0.330. The lowest BCUT2D eigenvalue weighted by Gasteiger charge is -2.21. The maximum Gasteiger partial charge on any atom is 0.243 e. The summed E-state index contributed by atoms with van der Waals surface area (Å²) in [4.78, 5) is 0.198. The number of ether oxygens (including phenoxy) is 1. The first kappa shape index (κ1) is 17.3. The molecule has 0 saturated heterocycles. The van der Waals surface area contributed by atoms with Gasteiger partial charge in [-0.25, -0.2) is 8.42 Å². The molecule has 0 saturated carbocycles. The molecule has 0 unspecified atom stereocenters. The van der Waals surface area contributed by atoms with E-state index in [1.807, 2.05) is 0 Å². The van der Waals surface area contributed by atoms with Gasteiger partial charge in [-0.05, 0) is 55.0 Å². The molecular formula is C18H19NO5S. The third-order valence-electron chi connectivity index (χ3n) is 3.83. The third-order valence-corrected chi connectivity index (χ3v) is 5.62. The molecule has 0 atom stereocenters. The van der Waals surface area contributed by atoms with Crippen molar-refractivity contribution in [2.24, 2.45) is 0 Å². The van der Waals surface area contributed by atoms with Crippen molar-refractivity contribution in [3.05, 3.63) is 72.1 Å². The van der Waals surface area contributed by atoms with Gasteiger partial charge < -0.3 is 13.6 Å². The Morgan fingerprint density at radius 2 is 1.60 bits per heavy atom. The zero-order chi connectivity index (χ0) is 17.9. The second-order valence-corrected chi connectivity index (χ2v) is 7.50. The van der Waals surface area contributed by atoms with E-state index in [4.69, 9.17) is 13.6 Å². The smallest absolute Gasteiger partial charge is 0.243 e. The van der Waals surface area contributed by atoms with E-state index in [0.29, 0.717) is 17.3 Å². The Kier molecular flexibility index (Phi) is 4.96. The molecule has 0 aliphatic heterocycles. The molecule has 3 aromatic rings. The van der Waals surface area contributed by atoms with Gasteiger partial charge in [0, 0.05) is 0 Å². The molecule has 132 valence electrons. The van der Waals surface area contributed by atoms with Gasteiger partial charge in [0.25, 0.3) is 0 Å². The molecule has 3 rings (SSSR count). The second kappa shape index (κ2) is 7.16. The van der Waals surface area contributed by atoms with Gasteiger partial charge in [-0.15, -0.1) is 0 Å². The van der Waals surface area contributed by atoms with Crippen LogP contribution in [0.3, 0.4) is 0 Å². The SMILES string of the molecule is COc1ccc(S(=O)(=O)N(Cc2ccco2)Cc2ccco2)cc1C. The quantitative estimate of drug-likeness (QED) is 0.643. The number of rotatable bonds is 7. The van der Waals surface area contributed by atoms with Crippen molar-refractivity contribution < 1.29 is 22.0 Å². The molecule has 0 fully saturated rings. The number of hydrogen-bond donors (Lipinski definition) is 0. The van der Waals surface area contributed by atoms with Crippen LogP contribution in [0.4, 0.5) is 0 Å². The van der Waals surface area contributed by atoms with Crippen LogP contribution in [0, 0.1) is 6.92 Å². The van der Waals surface area contributed by atoms with Crippen LogP contribution >= 0.6 is 0 Å². The van der Waals surface area contributed by atoms with Gasteiger partial charge in [0.2, 0.25) is 10.0 Å². The highest BCUT2D eigenvalue weighted by molar-refractivity contribution is 7.89. The predicted molar refractivity (Wildman–Crippen MR) is 91.6 cm³/mol. The molecule has 2 heterocycles. The van der Waals surface area contributed by atoms with Crippen LogP contribution in [0.15, 0.2) is 68.7 Å². The maximum absolute atomic E-state index is 13.1. The molecule has 0 spiro atoms. The van der Waals surface area contributed by atoms with E-state index in [0.717, 1.165) is 5.56 Å². The average molecular weight is 361 g/mol. The Morgan fingerprint density at radius 1 is 1.00 bits per heavy atom. The van der Waals surface area contributed by atoms with Crippen LogP contribution < -0.4 is 4.74 Å². The summed E-state index contributed by atoms with van der Waals surface area (Å²) in [6.07, 6.45) is 3.04. The molecule has 0 aliphatic carbocycles. The van der Waals surface area contributed by atoms with Crippen molar-refractivity contribution in [1.29, 1.82) is 0 Å². The van der Waals surface area contributed by atoms with Crippen LogP contribution in [0.2, 0.25) is 0 Å². The summed E-state index contributed by atoms with van der Waals surface area (Å²) in [5.41, 5.74) is 0.750. The summed E-state index contributed by atoms with van der Waals surface area (Å²) >= 11 is 0. The van der Waals surface area contributed by atoms with Crippen molar-refractivity contribution in [2.75, 3.05) is 7.11 Å². The lowest BCUT2D eigenvalue weighted by Crippen LogP contribution is -2.30. The predicted octanol–water partition coefficient (Wildman–Crippen LogP) is 3.58. The second-order valence-electron chi connectivity index (χ2n) is 5.56. The van der Waals surface area contributed by atoms with Crippen molar-refractivity contribution in [2.45, 2.75) is 24.9 Å². The summed E-state index contributed by atoms with van der Waals surface area (Å²) < 4.78 is 43.4. The molecule has 0 amide bonds. The van der Waals surface area contributed by atoms with Gasteiger partial charge in [-0.2, -0.15) is 4.31 Å². The number of benzene rings is 1. The van der Waals surface area contributed by atoms with Gasteiger partial charge in [-0.1, -0.05) is 0 Å². The van der Waals surface area contributed by atoms with Crippen molar-refractivity contribution in [3.63, 3.8) is 0 Å². The minimum Gasteiger partial charge on any atom is -0.496 e. The fraction of sp³-hybridized carbons (Fsp3) is 0.222. The van der Waals surface area contributed by atoms with Crippen LogP contribution in [0.25, 0.3) is 0 Å². The Bertz CT molecular complexity index is 878. The van der Waals surface area contributed by atoms with E-state index in [1.54, 1.807) is 56.5 Å². The normalized spacial score (nSPS) is 11.8.